The van der Waals surface area contributed by atoms with Gasteiger partial charge in [0.1, 0.15) is 5.82 Å². The molecule has 2 bridgehead atoms. The molecule has 0 N–H and O–H groups in total. The zero-order valence-corrected chi connectivity index (χ0v) is 15.7. The topological polar surface area (TPSA) is 53.3 Å². The molecule has 0 spiro atoms. The summed E-state index contributed by atoms with van der Waals surface area (Å²) in [5.41, 5.74) is 2.05. The quantitative estimate of drug-likeness (QED) is 0.744. The number of ketones is 1. The predicted octanol–water partition coefficient (Wildman–Crippen LogP) is 3.75. The van der Waals surface area contributed by atoms with Gasteiger partial charge in [0, 0.05) is 24.5 Å². The number of carbonyl (C=O) groups is 1. The number of piperidine rings is 1. The number of carbonyl (C=O) groups excluding carboxylic acids is 1. The van der Waals surface area contributed by atoms with E-state index in [2.05, 4.69) is 23.1 Å². The van der Waals surface area contributed by atoms with Crippen LogP contribution in [-0.4, -0.2) is 36.0 Å². The van der Waals surface area contributed by atoms with E-state index >= 15 is 0 Å². The van der Waals surface area contributed by atoms with Crippen LogP contribution in [0.15, 0.2) is 48.5 Å². The lowest BCUT2D eigenvalue weighted by molar-refractivity contribution is -0.0873. The van der Waals surface area contributed by atoms with Gasteiger partial charge in [-0.3, -0.25) is 9.69 Å². The fourth-order valence-electron chi connectivity index (χ4n) is 4.44. The lowest BCUT2D eigenvalue weighted by Crippen LogP contribution is -2.57. The molecule has 2 aromatic rings. The maximum atomic E-state index is 14.3. The molecule has 2 aliphatic rings. The molecule has 5 heteroatoms. The first kappa shape index (κ1) is 18.8. The molecule has 0 aromatic heterocycles. The summed E-state index contributed by atoms with van der Waals surface area (Å²) >= 11 is 0. The number of hydrogen-bond donors (Lipinski definition) is 0. The summed E-state index contributed by atoms with van der Waals surface area (Å²) in [5.74, 6) is -0.855. The number of morpholine rings is 1. The second kappa shape index (κ2) is 8.22. The van der Waals surface area contributed by atoms with Crippen LogP contribution in [0.5, 0.6) is 0 Å². The molecule has 2 aromatic carbocycles. The van der Waals surface area contributed by atoms with Gasteiger partial charge in [-0.05, 0) is 36.1 Å². The van der Waals surface area contributed by atoms with Crippen LogP contribution in [0.4, 0.5) is 4.39 Å². The average Bonchev–Trinajstić information content (AvgIpc) is 2.70. The van der Waals surface area contributed by atoms with Gasteiger partial charge < -0.3 is 4.74 Å². The molecule has 0 amide bonds. The van der Waals surface area contributed by atoms with Gasteiger partial charge in [0.25, 0.3) is 0 Å². The normalized spacial score (nSPS) is 24.5. The summed E-state index contributed by atoms with van der Waals surface area (Å²) in [6.07, 6.45) is 1.52. The first-order chi connectivity index (χ1) is 13.7. The van der Waals surface area contributed by atoms with E-state index in [0.717, 1.165) is 6.54 Å². The maximum Gasteiger partial charge on any atom is 0.169 e. The Labute approximate surface area is 164 Å². The third-order valence-electron chi connectivity index (χ3n) is 5.83. The van der Waals surface area contributed by atoms with Gasteiger partial charge in [-0.2, -0.15) is 5.26 Å². The number of benzene rings is 2. The largest absolute Gasteiger partial charge is 0.378 e. The highest BCUT2D eigenvalue weighted by molar-refractivity contribution is 5.98. The number of hydrogen-bond acceptors (Lipinski definition) is 4. The van der Waals surface area contributed by atoms with Crippen LogP contribution in [0, 0.1) is 23.1 Å². The molecule has 144 valence electrons. The van der Waals surface area contributed by atoms with E-state index in [-0.39, 0.29) is 35.8 Å². The molecule has 0 radical (unpaired) electrons. The molecule has 2 atom stereocenters. The van der Waals surface area contributed by atoms with Gasteiger partial charge in [-0.1, -0.05) is 36.4 Å². The van der Waals surface area contributed by atoms with Crippen LogP contribution in [-0.2, 0) is 17.7 Å². The lowest BCUT2D eigenvalue weighted by atomic mass is 9.80. The zero-order chi connectivity index (χ0) is 19.5. The Morgan fingerprint density at radius 1 is 1.11 bits per heavy atom. The molecule has 2 saturated heterocycles. The Morgan fingerprint density at radius 2 is 1.82 bits per heavy atom. The molecule has 4 rings (SSSR count). The van der Waals surface area contributed by atoms with Gasteiger partial charge in [0.15, 0.2) is 5.78 Å². The molecule has 28 heavy (non-hydrogen) atoms. The number of ether oxygens (including phenoxy) is 1. The van der Waals surface area contributed by atoms with Crippen molar-refractivity contribution in [2.75, 3.05) is 13.2 Å². The SMILES string of the molecule is N#CCc1ccc(F)c(C(=O)C2CC3COCC(C2)N3Cc2ccccc2)c1. The molecule has 0 aliphatic carbocycles. The van der Waals surface area contributed by atoms with Crippen molar-refractivity contribution in [2.45, 2.75) is 37.9 Å². The summed E-state index contributed by atoms with van der Waals surface area (Å²) in [4.78, 5) is 15.5. The summed E-state index contributed by atoms with van der Waals surface area (Å²) in [6, 6.07) is 17.1. The minimum Gasteiger partial charge on any atom is -0.378 e. The highest BCUT2D eigenvalue weighted by Gasteiger charge is 2.41. The number of nitrogens with zero attached hydrogens (tertiary/aromatic N) is 2. The molecule has 2 fully saturated rings. The number of fused-ring (bicyclic) bond motifs is 2. The third-order valence-corrected chi connectivity index (χ3v) is 5.83. The van der Waals surface area contributed by atoms with E-state index in [0.29, 0.717) is 31.6 Å². The van der Waals surface area contributed by atoms with Crippen LogP contribution in [0.3, 0.4) is 0 Å². The molecular formula is C23H23FN2O2. The van der Waals surface area contributed by atoms with Gasteiger partial charge in [-0.15, -0.1) is 0 Å². The monoisotopic (exact) mass is 378 g/mol. The standard InChI is InChI=1S/C23H23FN2O2/c24-22-7-6-16(8-9-25)10-21(22)23(27)18-11-19-14-28-15-20(12-18)26(19)13-17-4-2-1-3-5-17/h1-7,10,18-20H,8,11-15H2. The van der Waals surface area contributed by atoms with Crippen molar-refractivity contribution in [1.82, 2.24) is 4.90 Å². The Hall–Kier alpha value is -2.55. The maximum absolute atomic E-state index is 14.3. The Balaban J connectivity index is 1.52. The van der Waals surface area contributed by atoms with Gasteiger partial charge in [0.2, 0.25) is 0 Å². The predicted molar refractivity (Wildman–Crippen MR) is 103 cm³/mol. The van der Waals surface area contributed by atoms with Crippen LogP contribution < -0.4 is 0 Å². The third kappa shape index (κ3) is 3.84. The smallest absolute Gasteiger partial charge is 0.169 e. The van der Waals surface area contributed by atoms with Crippen LogP contribution >= 0.6 is 0 Å². The second-order valence-corrected chi connectivity index (χ2v) is 7.68. The number of Topliss-reactive ketones (excluding diaryl/α,β-unsaturated/α-hetero) is 1. The lowest BCUT2D eigenvalue weighted by Gasteiger charge is -2.48. The molecule has 2 unspecified atom stereocenters. The van der Waals surface area contributed by atoms with E-state index in [1.807, 2.05) is 18.2 Å². The fraction of sp³-hybridized carbons (Fsp3) is 0.391. The van der Waals surface area contributed by atoms with Crippen LogP contribution in [0.25, 0.3) is 0 Å². The number of rotatable bonds is 5. The Morgan fingerprint density at radius 3 is 2.50 bits per heavy atom. The summed E-state index contributed by atoms with van der Waals surface area (Å²) < 4.78 is 20.1. The van der Waals surface area contributed by atoms with Gasteiger partial charge in [-0.25, -0.2) is 4.39 Å². The average molecular weight is 378 g/mol. The minimum atomic E-state index is -0.500. The Bertz CT molecular complexity index is 879. The van der Waals surface area contributed by atoms with E-state index in [4.69, 9.17) is 10.00 Å². The van der Waals surface area contributed by atoms with Crippen molar-refractivity contribution in [2.24, 2.45) is 5.92 Å². The highest BCUT2D eigenvalue weighted by atomic mass is 19.1. The first-order valence-corrected chi connectivity index (χ1v) is 9.72. The van der Waals surface area contributed by atoms with Crippen molar-refractivity contribution >= 4 is 5.78 Å². The fourth-order valence-corrected chi connectivity index (χ4v) is 4.44. The molecule has 2 aliphatic heterocycles. The molecular weight excluding hydrogens is 355 g/mol. The molecule has 0 saturated carbocycles. The summed E-state index contributed by atoms with van der Waals surface area (Å²) in [6.45, 7) is 2.04. The first-order valence-electron chi connectivity index (χ1n) is 9.72. The highest BCUT2D eigenvalue weighted by Crippen LogP contribution is 2.35. The molecule has 2 heterocycles. The van der Waals surface area contributed by atoms with Crippen molar-refractivity contribution < 1.29 is 13.9 Å². The number of halogens is 1. The van der Waals surface area contributed by atoms with Crippen molar-refractivity contribution in [3.8, 4) is 6.07 Å². The van der Waals surface area contributed by atoms with E-state index < -0.39 is 5.82 Å². The van der Waals surface area contributed by atoms with Crippen molar-refractivity contribution in [3.05, 3.63) is 71.0 Å². The van der Waals surface area contributed by atoms with Gasteiger partial charge >= 0.3 is 0 Å². The minimum absolute atomic E-state index is 0.119. The van der Waals surface area contributed by atoms with Crippen molar-refractivity contribution in [3.63, 3.8) is 0 Å². The van der Waals surface area contributed by atoms with E-state index in [9.17, 15) is 9.18 Å². The number of nitriles is 1. The van der Waals surface area contributed by atoms with Gasteiger partial charge in [0.05, 0.1) is 31.3 Å². The Kier molecular flexibility index (Phi) is 5.52. The zero-order valence-electron chi connectivity index (χ0n) is 15.7. The van der Waals surface area contributed by atoms with E-state index in [1.54, 1.807) is 12.1 Å². The summed E-state index contributed by atoms with van der Waals surface area (Å²) in [7, 11) is 0. The van der Waals surface area contributed by atoms with E-state index in [1.165, 1.54) is 11.6 Å². The van der Waals surface area contributed by atoms with Crippen LogP contribution in [0.1, 0.15) is 34.3 Å². The second-order valence-electron chi connectivity index (χ2n) is 7.68. The van der Waals surface area contributed by atoms with Crippen LogP contribution in [0.2, 0.25) is 0 Å². The van der Waals surface area contributed by atoms with Crippen molar-refractivity contribution in [1.29, 1.82) is 5.26 Å². The molecule has 4 nitrogen and oxygen atoms in total. The summed E-state index contributed by atoms with van der Waals surface area (Å²) in [5, 5.41) is 8.88.